The lowest BCUT2D eigenvalue weighted by Crippen LogP contribution is -2.38. The van der Waals surface area contributed by atoms with Gasteiger partial charge in [0.05, 0.1) is 11.3 Å². The fraction of sp³-hybridized carbons (Fsp3) is 0.227. The number of aryl methyl sites for hydroxylation is 2. The van der Waals surface area contributed by atoms with Gasteiger partial charge in [-0.05, 0) is 43.0 Å². The Hall–Kier alpha value is -3.01. The van der Waals surface area contributed by atoms with Crippen LogP contribution in [0.25, 0.3) is 12.2 Å². The normalized spacial score (nSPS) is 15.9. The summed E-state index contributed by atoms with van der Waals surface area (Å²) in [5.41, 5.74) is 3.09. The summed E-state index contributed by atoms with van der Waals surface area (Å²) in [6.45, 7) is 4.41. The summed E-state index contributed by atoms with van der Waals surface area (Å²) in [6.07, 6.45) is 5.80. The number of rotatable bonds is 5. The van der Waals surface area contributed by atoms with Gasteiger partial charge in [-0.1, -0.05) is 48.5 Å². The lowest BCUT2D eigenvalue weighted by molar-refractivity contribution is -0.121. The summed E-state index contributed by atoms with van der Waals surface area (Å²) >= 11 is 0. The topological polar surface area (TPSA) is 58.5 Å². The zero-order chi connectivity index (χ0) is 18.5. The minimum absolute atomic E-state index is 0.139. The Balaban J connectivity index is 1.61. The number of amides is 2. The zero-order valence-corrected chi connectivity index (χ0v) is 15.0. The van der Waals surface area contributed by atoms with Crippen LogP contribution in [0.1, 0.15) is 23.1 Å². The molecule has 0 spiro atoms. The third kappa shape index (κ3) is 4.14. The Morgan fingerprint density at radius 1 is 1.12 bits per heavy atom. The molecule has 0 aromatic heterocycles. The van der Waals surface area contributed by atoms with Crippen molar-refractivity contribution in [2.45, 2.75) is 20.3 Å². The molecule has 1 unspecified atom stereocenters. The van der Waals surface area contributed by atoms with Gasteiger partial charge in [0.15, 0.2) is 0 Å². The highest BCUT2D eigenvalue weighted by Crippen LogP contribution is 2.10. The van der Waals surface area contributed by atoms with Crippen LogP contribution in [0.4, 0.5) is 0 Å². The molecule has 0 aliphatic carbocycles. The van der Waals surface area contributed by atoms with Crippen molar-refractivity contribution in [1.82, 2.24) is 5.32 Å². The summed E-state index contributed by atoms with van der Waals surface area (Å²) in [7, 11) is 0. The molecule has 1 N–H and O–H groups in total. The molecule has 0 saturated carbocycles. The minimum atomic E-state index is -0.290. The number of carbonyl (C=O) groups excluding carboxylic acids is 2. The molecule has 0 fully saturated rings. The van der Waals surface area contributed by atoms with Gasteiger partial charge in [-0.3, -0.25) is 9.59 Å². The van der Waals surface area contributed by atoms with E-state index in [0.29, 0.717) is 13.0 Å². The van der Waals surface area contributed by atoms with Crippen LogP contribution in [-0.4, -0.2) is 18.4 Å². The standard InChI is InChI=1S/C22H22N2O2/c1-15-8-9-16(2)21-19(15)14-18(22(26)24-21)12-13-23-20(25)11-10-17-6-4-3-5-7-17/h3-11,14,18H,12-13H2,1-2H3,(H,23,25)/b11-10+. The van der Waals surface area contributed by atoms with Crippen LogP contribution < -0.4 is 15.9 Å². The number of hydrogen-bond donors (Lipinski definition) is 1. The van der Waals surface area contributed by atoms with Crippen molar-refractivity contribution < 1.29 is 9.59 Å². The van der Waals surface area contributed by atoms with E-state index in [1.54, 1.807) is 6.08 Å². The summed E-state index contributed by atoms with van der Waals surface area (Å²) in [5, 5.41) is 4.64. The molecule has 1 atom stereocenters. The molecule has 2 aromatic carbocycles. The predicted molar refractivity (Wildman–Crippen MR) is 103 cm³/mol. The minimum Gasteiger partial charge on any atom is -0.353 e. The first-order chi connectivity index (χ1) is 12.5. The van der Waals surface area contributed by atoms with Gasteiger partial charge >= 0.3 is 0 Å². The maximum absolute atomic E-state index is 12.3. The molecule has 26 heavy (non-hydrogen) atoms. The van der Waals surface area contributed by atoms with Crippen molar-refractivity contribution in [3.63, 3.8) is 0 Å². The molecular formula is C22H22N2O2. The first kappa shape index (κ1) is 17.8. The third-order valence-corrected chi connectivity index (χ3v) is 4.53. The van der Waals surface area contributed by atoms with Crippen molar-refractivity contribution >= 4 is 24.0 Å². The van der Waals surface area contributed by atoms with Crippen LogP contribution in [0.5, 0.6) is 0 Å². The monoisotopic (exact) mass is 346 g/mol. The number of hydrogen-bond acceptors (Lipinski definition) is 2. The van der Waals surface area contributed by atoms with E-state index in [2.05, 4.69) is 10.3 Å². The van der Waals surface area contributed by atoms with Crippen molar-refractivity contribution in [3.05, 3.63) is 75.8 Å². The van der Waals surface area contributed by atoms with Gasteiger partial charge in [-0.15, -0.1) is 0 Å². The number of fused-ring (bicyclic) bond motifs is 1. The fourth-order valence-electron chi connectivity index (χ4n) is 2.99. The van der Waals surface area contributed by atoms with Gasteiger partial charge in [0.2, 0.25) is 5.91 Å². The Bertz CT molecular complexity index is 975. The van der Waals surface area contributed by atoms with Gasteiger partial charge in [-0.25, -0.2) is 4.99 Å². The molecule has 1 aliphatic rings. The van der Waals surface area contributed by atoms with E-state index in [-0.39, 0.29) is 17.7 Å². The van der Waals surface area contributed by atoms with Crippen molar-refractivity contribution in [2.75, 3.05) is 6.54 Å². The molecule has 0 bridgehead atoms. The highest BCUT2D eigenvalue weighted by Gasteiger charge is 2.19. The van der Waals surface area contributed by atoms with Crippen LogP contribution in [0, 0.1) is 19.8 Å². The third-order valence-electron chi connectivity index (χ3n) is 4.53. The first-order valence-electron chi connectivity index (χ1n) is 8.76. The summed E-state index contributed by atoms with van der Waals surface area (Å²) in [6, 6.07) is 13.7. The second-order valence-electron chi connectivity index (χ2n) is 6.51. The second kappa shape index (κ2) is 7.91. The molecule has 2 amide bonds. The van der Waals surface area contributed by atoms with Crippen LogP contribution in [-0.2, 0) is 9.59 Å². The van der Waals surface area contributed by atoms with E-state index < -0.39 is 0 Å². The average molecular weight is 346 g/mol. The van der Waals surface area contributed by atoms with Crippen LogP contribution in [0.3, 0.4) is 0 Å². The van der Waals surface area contributed by atoms with Gasteiger partial charge < -0.3 is 5.32 Å². The number of benzene rings is 2. The maximum Gasteiger partial charge on any atom is 0.253 e. The highest BCUT2D eigenvalue weighted by molar-refractivity contribution is 5.91. The van der Waals surface area contributed by atoms with Crippen LogP contribution in [0.2, 0.25) is 0 Å². The Labute approximate surface area is 153 Å². The van der Waals surface area contributed by atoms with E-state index in [4.69, 9.17) is 0 Å². The highest BCUT2D eigenvalue weighted by atomic mass is 16.2. The maximum atomic E-state index is 12.3. The summed E-state index contributed by atoms with van der Waals surface area (Å²) < 4.78 is 0. The van der Waals surface area contributed by atoms with E-state index in [1.807, 2.05) is 62.4 Å². The largest absolute Gasteiger partial charge is 0.353 e. The van der Waals surface area contributed by atoms with E-state index in [9.17, 15) is 9.59 Å². The molecule has 2 aromatic rings. The molecule has 4 nitrogen and oxygen atoms in total. The van der Waals surface area contributed by atoms with E-state index >= 15 is 0 Å². The molecule has 4 heteroatoms. The molecule has 1 heterocycles. The van der Waals surface area contributed by atoms with Gasteiger partial charge in [0, 0.05) is 17.8 Å². The van der Waals surface area contributed by atoms with Crippen LogP contribution >= 0.6 is 0 Å². The Morgan fingerprint density at radius 2 is 1.85 bits per heavy atom. The van der Waals surface area contributed by atoms with Gasteiger partial charge in [0.1, 0.15) is 0 Å². The van der Waals surface area contributed by atoms with Crippen LogP contribution in [0.15, 0.2) is 53.5 Å². The summed E-state index contributed by atoms with van der Waals surface area (Å²) in [4.78, 5) is 28.5. The Morgan fingerprint density at radius 3 is 2.62 bits per heavy atom. The van der Waals surface area contributed by atoms with E-state index in [0.717, 1.165) is 27.3 Å². The van der Waals surface area contributed by atoms with Crippen molar-refractivity contribution in [2.24, 2.45) is 10.9 Å². The lowest BCUT2D eigenvalue weighted by atomic mass is 9.97. The molecule has 0 saturated heterocycles. The van der Waals surface area contributed by atoms with Crippen molar-refractivity contribution in [1.29, 1.82) is 0 Å². The average Bonchev–Trinajstić information content (AvgIpc) is 2.65. The first-order valence-corrected chi connectivity index (χ1v) is 8.76. The zero-order valence-electron chi connectivity index (χ0n) is 15.0. The van der Waals surface area contributed by atoms with Crippen molar-refractivity contribution in [3.8, 4) is 0 Å². The second-order valence-corrected chi connectivity index (χ2v) is 6.51. The smallest absolute Gasteiger partial charge is 0.253 e. The predicted octanol–water partition coefficient (Wildman–Crippen LogP) is 2.08. The van der Waals surface area contributed by atoms with Gasteiger partial charge in [0.25, 0.3) is 5.91 Å². The molecule has 132 valence electrons. The summed E-state index contributed by atoms with van der Waals surface area (Å²) in [5.74, 6) is -0.594. The molecule has 3 rings (SSSR count). The quantitative estimate of drug-likeness (QED) is 0.843. The molecule has 0 radical (unpaired) electrons. The Kier molecular flexibility index (Phi) is 5.42. The molecular weight excluding hydrogens is 324 g/mol. The number of nitrogens with zero attached hydrogens (tertiary/aromatic N) is 1. The fourth-order valence-corrected chi connectivity index (χ4v) is 2.99. The number of nitrogens with one attached hydrogen (secondary N) is 1. The lowest BCUT2D eigenvalue weighted by Gasteiger charge is -2.14. The molecule has 1 aliphatic heterocycles. The SMILES string of the molecule is Cc1ccc(C)c2c1=CC(CCNC(=O)/C=C/c1ccccc1)C(=O)N=2. The van der Waals surface area contributed by atoms with E-state index in [1.165, 1.54) is 6.08 Å². The van der Waals surface area contributed by atoms with Gasteiger partial charge in [-0.2, -0.15) is 0 Å². The number of carbonyl (C=O) groups is 2.